The van der Waals surface area contributed by atoms with Crippen LogP contribution in [0.3, 0.4) is 0 Å². The Hall–Kier alpha value is -1.28. The Morgan fingerprint density at radius 2 is 1.55 bits per heavy atom. The van der Waals surface area contributed by atoms with Crippen LogP contribution in [-0.4, -0.2) is 11.1 Å². The van der Waals surface area contributed by atoms with Crippen molar-refractivity contribution in [1.82, 2.24) is 0 Å². The first-order valence-corrected chi connectivity index (χ1v) is 7.40. The molecule has 1 aromatic rings. The molecule has 0 atom stereocenters. The Labute approximate surface area is 126 Å². The summed E-state index contributed by atoms with van der Waals surface area (Å²) in [6.45, 7) is 8.28. The Bertz CT molecular complexity index is 484. The molecule has 0 amide bonds. The summed E-state index contributed by atoms with van der Waals surface area (Å²) in [6, 6.07) is 7.44. The van der Waals surface area contributed by atoms with Crippen LogP contribution in [0.1, 0.15) is 46.1 Å². The molecular formula is C17H23ClO2. The average Bonchev–Trinajstić information content (AvgIpc) is 2.34. The number of carboxylic acids is 1. The van der Waals surface area contributed by atoms with Gasteiger partial charge < -0.3 is 5.11 Å². The molecule has 0 unspecified atom stereocenters. The molecule has 0 saturated heterocycles. The molecule has 0 saturated carbocycles. The van der Waals surface area contributed by atoms with Gasteiger partial charge in [0.1, 0.15) is 0 Å². The molecule has 0 aliphatic rings. The van der Waals surface area contributed by atoms with E-state index in [9.17, 15) is 9.90 Å². The van der Waals surface area contributed by atoms with Gasteiger partial charge in [0, 0.05) is 10.6 Å². The van der Waals surface area contributed by atoms with Gasteiger partial charge in [0.25, 0.3) is 0 Å². The molecule has 3 heteroatoms. The fourth-order valence-corrected chi connectivity index (χ4v) is 2.35. The summed E-state index contributed by atoms with van der Waals surface area (Å²) in [4.78, 5) is 11.6. The van der Waals surface area contributed by atoms with Gasteiger partial charge in [0.05, 0.1) is 0 Å². The van der Waals surface area contributed by atoms with Gasteiger partial charge in [-0.2, -0.15) is 0 Å². The van der Waals surface area contributed by atoms with Crippen LogP contribution in [0, 0.1) is 11.8 Å². The second kappa shape index (κ2) is 7.49. The highest BCUT2D eigenvalue weighted by molar-refractivity contribution is 6.30. The van der Waals surface area contributed by atoms with E-state index in [0.29, 0.717) is 28.9 Å². The molecule has 2 nitrogen and oxygen atoms in total. The Balaban J connectivity index is 3.33. The smallest absolute Gasteiger partial charge is 0.331 e. The van der Waals surface area contributed by atoms with Gasteiger partial charge in [0.2, 0.25) is 0 Å². The summed E-state index contributed by atoms with van der Waals surface area (Å²) in [6.07, 6.45) is 1.34. The van der Waals surface area contributed by atoms with Crippen molar-refractivity contribution in [2.45, 2.75) is 40.5 Å². The maximum Gasteiger partial charge on any atom is 0.331 e. The maximum absolute atomic E-state index is 11.6. The van der Waals surface area contributed by atoms with Crippen molar-refractivity contribution in [2.24, 2.45) is 11.8 Å². The van der Waals surface area contributed by atoms with E-state index < -0.39 is 5.97 Å². The molecule has 1 rings (SSSR count). The summed E-state index contributed by atoms with van der Waals surface area (Å²) in [5.41, 5.74) is 2.41. The molecule has 0 aliphatic heterocycles. The molecule has 20 heavy (non-hydrogen) atoms. The van der Waals surface area contributed by atoms with Gasteiger partial charge in [-0.05, 0) is 47.9 Å². The van der Waals surface area contributed by atoms with Gasteiger partial charge >= 0.3 is 5.97 Å². The zero-order valence-corrected chi connectivity index (χ0v) is 13.4. The fraction of sp³-hybridized carbons (Fsp3) is 0.471. The fourth-order valence-electron chi connectivity index (χ4n) is 2.22. The number of rotatable bonds is 6. The van der Waals surface area contributed by atoms with E-state index in [0.717, 1.165) is 17.6 Å². The summed E-state index contributed by atoms with van der Waals surface area (Å²) >= 11 is 5.92. The van der Waals surface area contributed by atoms with Crippen molar-refractivity contribution in [3.8, 4) is 0 Å². The van der Waals surface area contributed by atoms with Crippen LogP contribution in [0.15, 0.2) is 29.8 Å². The molecule has 0 bridgehead atoms. The predicted molar refractivity (Wildman–Crippen MR) is 84.9 cm³/mol. The number of carboxylic acid groups (broad SMARTS) is 1. The lowest BCUT2D eigenvalue weighted by molar-refractivity contribution is -0.132. The van der Waals surface area contributed by atoms with E-state index in [2.05, 4.69) is 13.8 Å². The lowest BCUT2D eigenvalue weighted by Gasteiger charge is -2.17. The van der Waals surface area contributed by atoms with Crippen LogP contribution in [0.25, 0.3) is 5.57 Å². The number of hydrogen-bond acceptors (Lipinski definition) is 1. The third-order valence-electron chi connectivity index (χ3n) is 3.04. The number of benzene rings is 1. The maximum atomic E-state index is 11.6. The van der Waals surface area contributed by atoms with Crippen molar-refractivity contribution in [2.75, 3.05) is 0 Å². The third-order valence-corrected chi connectivity index (χ3v) is 3.29. The minimum absolute atomic E-state index is 0.315. The molecule has 110 valence electrons. The first kappa shape index (κ1) is 16.8. The molecule has 1 aromatic carbocycles. The molecule has 0 spiro atoms. The lowest BCUT2D eigenvalue weighted by Crippen LogP contribution is -2.09. The Morgan fingerprint density at radius 3 is 1.95 bits per heavy atom. The van der Waals surface area contributed by atoms with Gasteiger partial charge in [-0.15, -0.1) is 0 Å². The van der Waals surface area contributed by atoms with E-state index in [1.54, 1.807) is 0 Å². The van der Waals surface area contributed by atoms with Crippen LogP contribution in [-0.2, 0) is 4.79 Å². The van der Waals surface area contributed by atoms with E-state index >= 15 is 0 Å². The predicted octanol–water partition coefficient (Wildman–Crippen LogP) is 5.27. The summed E-state index contributed by atoms with van der Waals surface area (Å²) in [5, 5.41) is 10.2. The van der Waals surface area contributed by atoms with Gasteiger partial charge in [-0.1, -0.05) is 51.4 Å². The SMILES string of the molecule is CC(C)C/C(C(=O)O)=C(\CC(C)C)c1ccc(Cl)cc1. The van der Waals surface area contributed by atoms with E-state index in [1.165, 1.54) is 0 Å². The highest BCUT2D eigenvalue weighted by Crippen LogP contribution is 2.30. The van der Waals surface area contributed by atoms with Crippen LogP contribution in [0.4, 0.5) is 0 Å². The lowest BCUT2D eigenvalue weighted by atomic mass is 9.88. The summed E-state index contributed by atoms with van der Waals surface area (Å²) < 4.78 is 0. The molecule has 1 N–H and O–H groups in total. The van der Waals surface area contributed by atoms with Crippen molar-refractivity contribution in [3.05, 3.63) is 40.4 Å². The summed E-state index contributed by atoms with van der Waals surface area (Å²) in [5.74, 6) is -0.0953. The van der Waals surface area contributed by atoms with E-state index in [-0.39, 0.29) is 0 Å². The molecule has 0 fully saturated rings. The molecule has 0 heterocycles. The molecular weight excluding hydrogens is 272 g/mol. The van der Waals surface area contributed by atoms with Crippen molar-refractivity contribution in [1.29, 1.82) is 0 Å². The van der Waals surface area contributed by atoms with Crippen molar-refractivity contribution < 1.29 is 9.90 Å². The van der Waals surface area contributed by atoms with Crippen molar-refractivity contribution in [3.63, 3.8) is 0 Å². The standard InChI is InChI=1S/C17H23ClO2/c1-11(2)9-15(13-5-7-14(18)8-6-13)16(17(19)20)10-12(3)4/h5-8,11-12H,9-10H2,1-4H3,(H,19,20)/b16-15-. The third kappa shape index (κ3) is 5.01. The quantitative estimate of drug-likeness (QED) is 0.726. The molecule has 0 aliphatic carbocycles. The normalized spacial score (nSPS) is 12.8. The first-order chi connectivity index (χ1) is 9.31. The zero-order chi connectivity index (χ0) is 15.3. The average molecular weight is 295 g/mol. The molecule has 0 radical (unpaired) electrons. The second-order valence-electron chi connectivity index (χ2n) is 5.97. The highest BCUT2D eigenvalue weighted by atomic mass is 35.5. The topological polar surface area (TPSA) is 37.3 Å². The zero-order valence-electron chi connectivity index (χ0n) is 12.6. The first-order valence-electron chi connectivity index (χ1n) is 7.02. The number of allylic oxidation sites excluding steroid dienone is 1. The van der Waals surface area contributed by atoms with Crippen molar-refractivity contribution >= 4 is 23.1 Å². The van der Waals surface area contributed by atoms with E-state index in [4.69, 9.17) is 11.6 Å². The van der Waals surface area contributed by atoms with Crippen LogP contribution < -0.4 is 0 Å². The highest BCUT2D eigenvalue weighted by Gasteiger charge is 2.18. The molecule has 0 aromatic heterocycles. The Kier molecular flexibility index (Phi) is 6.28. The summed E-state index contributed by atoms with van der Waals surface area (Å²) in [7, 11) is 0. The number of carbonyl (C=O) groups is 1. The van der Waals surface area contributed by atoms with Gasteiger partial charge in [-0.3, -0.25) is 0 Å². The monoisotopic (exact) mass is 294 g/mol. The Morgan fingerprint density at radius 1 is 1.05 bits per heavy atom. The van der Waals surface area contributed by atoms with Crippen LogP contribution >= 0.6 is 11.6 Å². The number of hydrogen-bond donors (Lipinski definition) is 1. The minimum Gasteiger partial charge on any atom is -0.478 e. The number of halogens is 1. The van der Waals surface area contributed by atoms with Gasteiger partial charge in [-0.25, -0.2) is 4.79 Å². The minimum atomic E-state index is -0.815. The largest absolute Gasteiger partial charge is 0.478 e. The van der Waals surface area contributed by atoms with E-state index in [1.807, 2.05) is 38.1 Å². The van der Waals surface area contributed by atoms with Crippen LogP contribution in [0.5, 0.6) is 0 Å². The number of aliphatic carboxylic acids is 1. The second-order valence-corrected chi connectivity index (χ2v) is 6.40. The van der Waals surface area contributed by atoms with Crippen LogP contribution in [0.2, 0.25) is 5.02 Å². The van der Waals surface area contributed by atoms with Gasteiger partial charge in [0.15, 0.2) is 0 Å².